The average Bonchev–Trinajstić information content (AvgIpc) is 3.05. The normalized spacial score (nSPS) is 12.3. The third-order valence-corrected chi connectivity index (χ3v) is 5.28. The SMILES string of the molecule is CC(C)(O)c1ccncc1-c1cc2[nH]c3ccccc3c2c2ccccc12. The Morgan fingerprint density at radius 1 is 0.815 bits per heavy atom. The molecule has 132 valence electrons. The molecule has 2 heterocycles. The maximum absolute atomic E-state index is 10.7. The zero-order valence-electron chi connectivity index (χ0n) is 15.3. The molecule has 5 aromatic rings. The van der Waals surface area contributed by atoms with Crippen LogP contribution >= 0.6 is 0 Å². The number of hydrogen-bond acceptors (Lipinski definition) is 2. The molecule has 0 atom stereocenters. The Morgan fingerprint density at radius 2 is 1.52 bits per heavy atom. The summed E-state index contributed by atoms with van der Waals surface area (Å²) in [7, 11) is 0. The van der Waals surface area contributed by atoms with Crippen molar-refractivity contribution in [2.24, 2.45) is 0 Å². The van der Waals surface area contributed by atoms with Crippen molar-refractivity contribution >= 4 is 32.6 Å². The summed E-state index contributed by atoms with van der Waals surface area (Å²) >= 11 is 0. The van der Waals surface area contributed by atoms with E-state index in [4.69, 9.17) is 0 Å². The molecule has 0 bridgehead atoms. The van der Waals surface area contributed by atoms with Gasteiger partial charge >= 0.3 is 0 Å². The highest BCUT2D eigenvalue weighted by Gasteiger charge is 2.22. The van der Waals surface area contributed by atoms with Gasteiger partial charge in [0.1, 0.15) is 0 Å². The zero-order chi connectivity index (χ0) is 18.6. The molecule has 0 radical (unpaired) electrons. The topological polar surface area (TPSA) is 48.9 Å². The summed E-state index contributed by atoms with van der Waals surface area (Å²) in [4.78, 5) is 7.90. The number of pyridine rings is 1. The molecular formula is C24H20N2O. The van der Waals surface area contributed by atoms with Gasteiger partial charge in [0.2, 0.25) is 0 Å². The Balaban J connectivity index is 1.96. The van der Waals surface area contributed by atoms with Crippen LogP contribution in [0.3, 0.4) is 0 Å². The molecule has 0 spiro atoms. The Kier molecular flexibility index (Phi) is 3.36. The molecule has 0 aliphatic carbocycles. The van der Waals surface area contributed by atoms with Crippen LogP contribution in [0.5, 0.6) is 0 Å². The van der Waals surface area contributed by atoms with Gasteiger partial charge in [0.05, 0.1) is 5.60 Å². The van der Waals surface area contributed by atoms with Gasteiger partial charge in [-0.15, -0.1) is 0 Å². The van der Waals surface area contributed by atoms with E-state index in [0.717, 1.165) is 33.1 Å². The van der Waals surface area contributed by atoms with Crippen molar-refractivity contribution in [3.63, 3.8) is 0 Å². The fourth-order valence-corrected chi connectivity index (χ4v) is 4.08. The summed E-state index contributed by atoms with van der Waals surface area (Å²) in [5, 5.41) is 15.5. The van der Waals surface area contributed by atoms with Crippen LogP contribution in [0, 0.1) is 0 Å². The van der Waals surface area contributed by atoms with Crippen LogP contribution in [0.1, 0.15) is 19.4 Å². The fourth-order valence-electron chi connectivity index (χ4n) is 4.08. The van der Waals surface area contributed by atoms with Crippen LogP contribution in [0.4, 0.5) is 0 Å². The first kappa shape index (κ1) is 16.0. The summed E-state index contributed by atoms with van der Waals surface area (Å²) in [5.41, 5.74) is 4.18. The molecule has 27 heavy (non-hydrogen) atoms. The van der Waals surface area contributed by atoms with Crippen molar-refractivity contribution in [3.05, 3.63) is 78.6 Å². The minimum atomic E-state index is -0.950. The molecule has 2 N–H and O–H groups in total. The van der Waals surface area contributed by atoms with Gasteiger partial charge in [-0.3, -0.25) is 4.98 Å². The highest BCUT2D eigenvalue weighted by molar-refractivity contribution is 6.23. The summed E-state index contributed by atoms with van der Waals surface area (Å²) in [6, 6.07) is 20.9. The van der Waals surface area contributed by atoms with Crippen molar-refractivity contribution in [2.75, 3.05) is 0 Å². The maximum Gasteiger partial charge on any atom is 0.0847 e. The second-order valence-corrected chi connectivity index (χ2v) is 7.54. The van der Waals surface area contributed by atoms with Gasteiger partial charge in [-0.25, -0.2) is 0 Å². The van der Waals surface area contributed by atoms with Gasteiger partial charge in [-0.1, -0.05) is 42.5 Å². The molecule has 5 rings (SSSR count). The number of H-pyrrole nitrogens is 1. The molecule has 2 aromatic heterocycles. The largest absolute Gasteiger partial charge is 0.386 e. The number of nitrogens with zero attached hydrogens (tertiary/aromatic N) is 1. The van der Waals surface area contributed by atoms with E-state index in [1.807, 2.05) is 32.2 Å². The number of aliphatic hydroxyl groups is 1. The van der Waals surface area contributed by atoms with E-state index in [1.54, 1.807) is 6.20 Å². The first-order valence-corrected chi connectivity index (χ1v) is 9.13. The van der Waals surface area contributed by atoms with Crippen LogP contribution in [0.2, 0.25) is 0 Å². The molecule has 0 unspecified atom stereocenters. The number of aromatic amines is 1. The number of nitrogens with one attached hydrogen (secondary N) is 1. The molecule has 3 nitrogen and oxygen atoms in total. The molecule has 0 aliphatic rings. The third kappa shape index (κ3) is 2.43. The number of benzene rings is 3. The van der Waals surface area contributed by atoms with Crippen molar-refractivity contribution in [1.82, 2.24) is 9.97 Å². The van der Waals surface area contributed by atoms with Crippen LogP contribution in [0.15, 0.2) is 73.1 Å². The van der Waals surface area contributed by atoms with E-state index >= 15 is 0 Å². The predicted octanol–water partition coefficient (Wildman–Crippen LogP) is 5.76. The highest BCUT2D eigenvalue weighted by Crippen LogP contribution is 2.40. The number of rotatable bonds is 2. The molecule has 0 saturated heterocycles. The van der Waals surface area contributed by atoms with Crippen molar-refractivity contribution < 1.29 is 5.11 Å². The molecule has 0 amide bonds. The Hall–Kier alpha value is -3.17. The van der Waals surface area contributed by atoms with Gasteiger partial charge < -0.3 is 10.1 Å². The first-order valence-electron chi connectivity index (χ1n) is 9.13. The lowest BCUT2D eigenvalue weighted by molar-refractivity contribution is 0.0791. The number of para-hydroxylation sites is 1. The minimum absolute atomic E-state index is 0.873. The van der Waals surface area contributed by atoms with Gasteiger partial charge in [-0.05, 0) is 53.9 Å². The number of fused-ring (bicyclic) bond motifs is 5. The molecule has 0 saturated carbocycles. The lowest BCUT2D eigenvalue weighted by Crippen LogP contribution is -2.17. The molecule has 3 heteroatoms. The van der Waals surface area contributed by atoms with Crippen LogP contribution in [0.25, 0.3) is 43.7 Å². The van der Waals surface area contributed by atoms with Crippen molar-refractivity contribution in [2.45, 2.75) is 19.4 Å². The van der Waals surface area contributed by atoms with Gasteiger partial charge in [0.15, 0.2) is 0 Å². The number of aromatic nitrogens is 2. The first-order chi connectivity index (χ1) is 13.0. The van der Waals surface area contributed by atoms with Gasteiger partial charge in [0.25, 0.3) is 0 Å². The van der Waals surface area contributed by atoms with E-state index in [1.165, 1.54) is 16.2 Å². The number of hydrogen-bond donors (Lipinski definition) is 2. The van der Waals surface area contributed by atoms with Crippen molar-refractivity contribution in [1.29, 1.82) is 0 Å². The average molecular weight is 352 g/mol. The van der Waals surface area contributed by atoms with E-state index in [9.17, 15) is 5.11 Å². The molecular weight excluding hydrogens is 332 g/mol. The summed E-state index contributed by atoms with van der Waals surface area (Å²) in [6.07, 6.45) is 3.59. The summed E-state index contributed by atoms with van der Waals surface area (Å²) in [5.74, 6) is 0. The maximum atomic E-state index is 10.7. The van der Waals surface area contributed by atoms with E-state index in [-0.39, 0.29) is 0 Å². The standard InChI is InChI=1S/C24H20N2O/c1-24(2,27)20-11-12-25-14-19(20)18-13-22-23(16-8-4-3-7-15(16)18)17-9-5-6-10-21(17)26-22/h3-14,26-27H,1-2H3. The van der Waals surface area contributed by atoms with Crippen LogP contribution < -0.4 is 0 Å². The smallest absolute Gasteiger partial charge is 0.0847 e. The Morgan fingerprint density at radius 3 is 2.30 bits per heavy atom. The second-order valence-electron chi connectivity index (χ2n) is 7.54. The molecule has 3 aromatic carbocycles. The van der Waals surface area contributed by atoms with Gasteiger partial charge in [-0.2, -0.15) is 0 Å². The lowest BCUT2D eigenvalue weighted by Gasteiger charge is -2.22. The van der Waals surface area contributed by atoms with E-state index < -0.39 is 5.60 Å². The van der Waals surface area contributed by atoms with Gasteiger partial charge in [0, 0.05) is 39.8 Å². The Bertz CT molecular complexity index is 1310. The molecule has 0 fully saturated rings. The fraction of sp³-hybridized carbons (Fsp3) is 0.125. The van der Waals surface area contributed by atoms with E-state index in [0.29, 0.717) is 0 Å². The monoisotopic (exact) mass is 352 g/mol. The quantitative estimate of drug-likeness (QED) is 0.424. The zero-order valence-corrected chi connectivity index (χ0v) is 15.3. The minimum Gasteiger partial charge on any atom is -0.386 e. The highest BCUT2D eigenvalue weighted by atomic mass is 16.3. The predicted molar refractivity (Wildman–Crippen MR) is 112 cm³/mol. The molecule has 0 aliphatic heterocycles. The second kappa shape index (κ2) is 5.66. The third-order valence-electron chi connectivity index (χ3n) is 5.28. The summed E-state index contributed by atoms with van der Waals surface area (Å²) < 4.78 is 0. The van der Waals surface area contributed by atoms with Crippen LogP contribution in [-0.2, 0) is 5.60 Å². The lowest BCUT2D eigenvalue weighted by atomic mass is 9.88. The van der Waals surface area contributed by atoms with Crippen LogP contribution in [-0.4, -0.2) is 15.1 Å². The Labute approximate surface area is 157 Å². The van der Waals surface area contributed by atoms with E-state index in [2.05, 4.69) is 58.5 Å². The summed E-state index contributed by atoms with van der Waals surface area (Å²) in [6.45, 7) is 3.63. The van der Waals surface area contributed by atoms with Crippen molar-refractivity contribution in [3.8, 4) is 11.1 Å².